The Bertz CT molecular complexity index is 848. The SMILES string of the molecule is CCCNC(=O)COc1ncnc2onc(-c3ccc(F)cc3)c12. The molecule has 1 amide bonds. The number of carbonyl (C=O) groups excluding carboxylic acids is 1. The summed E-state index contributed by atoms with van der Waals surface area (Å²) in [6.07, 6.45) is 2.10. The Morgan fingerprint density at radius 2 is 2.08 bits per heavy atom. The molecule has 0 saturated carbocycles. The lowest BCUT2D eigenvalue weighted by molar-refractivity contribution is -0.123. The zero-order chi connectivity index (χ0) is 16.9. The second-order valence-electron chi connectivity index (χ2n) is 5.04. The highest BCUT2D eigenvalue weighted by Crippen LogP contribution is 2.32. The minimum absolute atomic E-state index is 0.180. The lowest BCUT2D eigenvalue weighted by atomic mass is 10.1. The second kappa shape index (κ2) is 7.03. The van der Waals surface area contributed by atoms with E-state index in [9.17, 15) is 9.18 Å². The number of nitrogens with one attached hydrogen (secondary N) is 1. The maximum absolute atomic E-state index is 13.1. The first kappa shape index (κ1) is 15.9. The Balaban J connectivity index is 1.90. The van der Waals surface area contributed by atoms with Crippen molar-refractivity contribution in [2.45, 2.75) is 13.3 Å². The Morgan fingerprint density at radius 1 is 1.29 bits per heavy atom. The van der Waals surface area contributed by atoms with Gasteiger partial charge in [0.25, 0.3) is 11.6 Å². The van der Waals surface area contributed by atoms with Crippen molar-refractivity contribution in [1.29, 1.82) is 0 Å². The first-order valence-corrected chi connectivity index (χ1v) is 7.45. The Hall–Kier alpha value is -3.03. The van der Waals surface area contributed by atoms with Crippen molar-refractivity contribution in [2.75, 3.05) is 13.2 Å². The van der Waals surface area contributed by atoms with Crippen LogP contribution in [0.2, 0.25) is 0 Å². The number of rotatable bonds is 6. The maximum atomic E-state index is 13.1. The summed E-state index contributed by atoms with van der Waals surface area (Å²) in [6, 6.07) is 5.77. The van der Waals surface area contributed by atoms with E-state index in [1.165, 1.54) is 18.5 Å². The Morgan fingerprint density at radius 3 is 2.83 bits per heavy atom. The van der Waals surface area contributed by atoms with Crippen LogP contribution in [-0.4, -0.2) is 34.2 Å². The van der Waals surface area contributed by atoms with Gasteiger partial charge in [-0.2, -0.15) is 4.98 Å². The molecule has 1 N–H and O–H groups in total. The van der Waals surface area contributed by atoms with E-state index in [4.69, 9.17) is 9.26 Å². The molecule has 0 aliphatic rings. The zero-order valence-electron chi connectivity index (χ0n) is 13.0. The minimum Gasteiger partial charge on any atom is -0.467 e. The van der Waals surface area contributed by atoms with Crippen molar-refractivity contribution in [3.63, 3.8) is 0 Å². The van der Waals surface area contributed by atoms with Crippen molar-refractivity contribution < 1.29 is 18.4 Å². The summed E-state index contributed by atoms with van der Waals surface area (Å²) in [4.78, 5) is 19.7. The lowest BCUT2D eigenvalue weighted by Gasteiger charge is -2.06. The standard InChI is InChI=1S/C16H15FN4O3/c1-2-7-18-12(22)8-23-15-13-14(10-3-5-11(17)6-4-10)21-24-16(13)20-9-19-15/h3-6,9H,2,7-8H2,1H3,(H,18,22). The normalized spacial score (nSPS) is 10.8. The van der Waals surface area contributed by atoms with Gasteiger partial charge >= 0.3 is 0 Å². The van der Waals surface area contributed by atoms with E-state index in [0.717, 1.165) is 6.42 Å². The molecule has 0 aliphatic heterocycles. The molecule has 0 bridgehead atoms. The molecule has 2 heterocycles. The van der Waals surface area contributed by atoms with Crippen LogP contribution in [0.3, 0.4) is 0 Å². The van der Waals surface area contributed by atoms with Gasteiger partial charge in [0.2, 0.25) is 5.88 Å². The third-order valence-electron chi connectivity index (χ3n) is 3.27. The van der Waals surface area contributed by atoms with Crippen molar-refractivity contribution in [2.24, 2.45) is 0 Å². The number of ether oxygens (including phenoxy) is 1. The largest absolute Gasteiger partial charge is 0.467 e. The number of halogens is 1. The molecular formula is C16H15FN4O3. The molecule has 1 aromatic carbocycles. The van der Waals surface area contributed by atoms with Crippen LogP contribution in [0.4, 0.5) is 4.39 Å². The fraction of sp³-hybridized carbons (Fsp3) is 0.250. The summed E-state index contributed by atoms with van der Waals surface area (Å²) in [5.74, 6) is -0.414. The summed E-state index contributed by atoms with van der Waals surface area (Å²) < 4.78 is 23.8. The minimum atomic E-state index is -0.355. The van der Waals surface area contributed by atoms with E-state index in [1.54, 1.807) is 12.1 Å². The van der Waals surface area contributed by atoms with Gasteiger partial charge in [0, 0.05) is 12.1 Å². The quantitative estimate of drug-likeness (QED) is 0.746. The van der Waals surface area contributed by atoms with Crippen molar-refractivity contribution in [3.05, 3.63) is 36.4 Å². The first-order valence-electron chi connectivity index (χ1n) is 7.45. The van der Waals surface area contributed by atoms with Gasteiger partial charge in [-0.25, -0.2) is 9.37 Å². The molecule has 0 radical (unpaired) electrons. The molecule has 7 nitrogen and oxygen atoms in total. The molecule has 0 fully saturated rings. The highest BCUT2D eigenvalue weighted by atomic mass is 19.1. The average molecular weight is 330 g/mol. The Labute approximate surface area is 136 Å². The molecule has 0 saturated heterocycles. The molecule has 24 heavy (non-hydrogen) atoms. The molecule has 124 valence electrons. The van der Waals surface area contributed by atoms with Crippen molar-refractivity contribution in [3.8, 4) is 17.1 Å². The Kier molecular flexibility index (Phi) is 4.64. The van der Waals surface area contributed by atoms with Crippen LogP contribution in [0.15, 0.2) is 35.1 Å². The topological polar surface area (TPSA) is 90.1 Å². The van der Waals surface area contributed by atoms with Crippen LogP contribution in [-0.2, 0) is 4.79 Å². The number of aromatic nitrogens is 3. The summed E-state index contributed by atoms with van der Waals surface area (Å²) in [5, 5.41) is 7.10. The predicted molar refractivity (Wildman–Crippen MR) is 83.8 cm³/mol. The van der Waals surface area contributed by atoms with Gasteiger partial charge in [-0.15, -0.1) is 0 Å². The van der Waals surface area contributed by atoms with Crippen LogP contribution in [0.1, 0.15) is 13.3 Å². The third kappa shape index (κ3) is 3.32. The fourth-order valence-corrected chi connectivity index (χ4v) is 2.12. The highest BCUT2D eigenvalue weighted by molar-refractivity contribution is 5.93. The van der Waals surface area contributed by atoms with Gasteiger partial charge in [0.15, 0.2) is 6.61 Å². The predicted octanol–water partition coefficient (Wildman–Crippen LogP) is 2.33. The van der Waals surface area contributed by atoms with Gasteiger partial charge in [-0.3, -0.25) is 4.79 Å². The zero-order valence-corrected chi connectivity index (χ0v) is 13.0. The molecule has 0 aliphatic carbocycles. The number of nitrogens with zero attached hydrogens (tertiary/aromatic N) is 3. The third-order valence-corrected chi connectivity index (χ3v) is 3.27. The molecule has 0 spiro atoms. The molecule has 3 rings (SSSR count). The average Bonchev–Trinajstić information content (AvgIpc) is 3.03. The summed E-state index contributed by atoms with van der Waals surface area (Å²) in [6.45, 7) is 2.36. The maximum Gasteiger partial charge on any atom is 0.265 e. The smallest absolute Gasteiger partial charge is 0.265 e. The van der Waals surface area contributed by atoms with E-state index < -0.39 is 0 Å². The number of carbonyl (C=O) groups is 1. The van der Waals surface area contributed by atoms with Gasteiger partial charge in [0.05, 0.1) is 0 Å². The molecule has 0 unspecified atom stereocenters. The van der Waals surface area contributed by atoms with Gasteiger partial charge in [-0.1, -0.05) is 12.1 Å². The number of hydrogen-bond donors (Lipinski definition) is 1. The van der Waals surface area contributed by atoms with Crippen LogP contribution in [0, 0.1) is 5.82 Å². The van der Waals surface area contributed by atoms with Crippen LogP contribution < -0.4 is 10.1 Å². The van der Waals surface area contributed by atoms with E-state index in [-0.39, 0.29) is 29.9 Å². The van der Waals surface area contributed by atoms with Crippen LogP contribution in [0.25, 0.3) is 22.4 Å². The van der Waals surface area contributed by atoms with E-state index >= 15 is 0 Å². The molecule has 0 atom stereocenters. The molecule has 3 aromatic rings. The first-order chi connectivity index (χ1) is 11.7. The number of fused-ring (bicyclic) bond motifs is 1. The lowest BCUT2D eigenvalue weighted by Crippen LogP contribution is -2.29. The van der Waals surface area contributed by atoms with Crippen LogP contribution >= 0.6 is 0 Å². The van der Waals surface area contributed by atoms with Crippen molar-refractivity contribution >= 4 is 17.0 Å². The number of amides is 1. The molecule has 2 aromatic heterocycles. The summed E-state index contributed by atoms with van der Waals surface area (Å²) in [7, 11) is 0. The van der Waals surface area contributed by atoms with Gasteiger partial charge < -0.3 is 14.6 Å². The van der Waals surface area contributed by atoms with Crippen molar-refractivity contribution in [1.82, 2.24) is 20.4 Å². The van der Waals surface area contributed by atoms with Gasteiger partial charge in [-0.05, 0) is 30.7 Å². The summed E-state index contributed by atoms with van der Waals surface area (Å²) in [5.41, 5.74) is 1.29. The number of hydrogen-bond acceptors (Lipinski definition) is 6. The van der Waals surface area contributed by atoms with E-state index in [0.29, 0.717) is 23.2 Å². The second-order valence-corrected chi connectivity index (χ2v) is 5.04. The van der Waals surface area contributed by atoms with E-state index in [2.05, 4.69) is 20.4 Å². The fourth-order valence-electron chi connectivity index (χ4n) is 2.12. The molecular weight excluding hydrogens is 315 g/mol. The summed E-state index contributed by atoms with van der Waals surface area (Å²) >= 11 is 0. The highest BCUT2D eigenvalue weighted by Gasteiger charge is 2.18. The van der Waals surface area contributed by atoms with E-state index in [1.807, 2.05) is 6.92 Å². The number of benzene rings is 1. The molecule has 8 heteroatoms. The van der Waals surface area contributed by atoms with Gasteiger partial charge in [0.1, 0.15) is 23.2 Å². The van der Waals surface area contributed by atoms with Crippen LogP contribution in [0.5, 0.6) is 5.88 Å². The monoisotopic (exact) mass is 330 g/mol.